The second kappa shape index (κ2) is 8.42. The number of aromatic amines is 1. The molecular formula is C19H17ClN4O5S2. The van der Waals surface area contributed by atoms with Gasteiger partial charge >= 0.3 is 5.97 Å². The predicted octanol–water partition coefficient (Wildman–Crippen LogP) is 2.38. The van der Waals surface area contributed by atoms with Crippen LogP contribution in [0.25, 0.3) is 17.0 Å². The summed E-state index contributed by atoms with van der Waals surface area (Å²) in [4.78, 5) is 33.6. The quantitative estimate of drug-likeness (QED) is 0.558. The van der Waals surface area contributed by atoms with Crippen molar-refractivity contribution in [1.29, 1.82) is 0 Å². The molecule has 0 bridgehead atoms. The number of carbonyl (C=O) groups excluding carboxylic acids is 1. The molecule has 4 heterocycles. The molecule has 12 heteroatoms. The smallest absolute Gasteiger partial charge is 0.327 e. The first-order valence-electron chi connectivity index (χ1n) is 9.10. The van der Waals surface area contributed by atoms with Gasteiger partial charge in [-0.1, -0.05) is 11.6 Å². The number of nitrogens with zero attached hydrogens (tertiary/aromatic N) is 3. The number of nitrogens with one attached hydrogen (secondary N) is 1. The number of hydrogen-bond donors (Lipinski definition) is 2. The standard InChI is InChI=1S/C19H17ClN4O5S2/c20-17-2-1-14(30-17)4-6-31(28,29)23-10-16(19(26)27)24(18(25)11-23)9-13-7-12-8-21-5-3-15(12)22-13/h1-8,16,22H,9-11H2,(H,26,27). The Hall–Kier alpha value is -2.73. The van der Waals surface area contributed by atoms with Crippen molar-refractivity contribution >= 4 is 61.8 Å². The number of piperazine rings is 1. The molecule has 0 spiro atoms. The monoisotopic (exact) mass is 480 g/mol. The number of carboxylic acids is 1. The number of amides is 1. The molecule has 3 aromatic rings. The number of fused-ring (bicyclic) bond motifs is 1. The molecule has 0 aliphatic carbocycles. The maximum Gasteiger partial charge on any atom is 0.327 e. The lowest BCUT2D eigenvalue weighted by molar-refractivity contribution is -0.154. The zero-order chi connectivity index (χ0) is 22.2. The second-order valence-electron chi connectivity index (χ2n) is 6.92. The summed E-state index contributed by atoms with van der Waals surface area (Å²) in [7, 11) is -4.00. The molecule has 31 heavy (non-hydrogen) atoms. The molecule has 1 saturated heterocycles. The lowest BCUT2D eigenvalue weighted by atomic mass is 10.1. The molecule has 1 fully saturated rings. The summed E-state index contributed by atoms with van der Waals surface area (Å²) in [6.45, 7) is -0.772. The number of thiophene rings is 1. The van der Waals surface area contributed by atoms with Crippen molar-refractivity contribution in [2.75, 3.05) is 13.1 Å². The van der Waals surface area contributed by atoms with Crippen molar-refractivity contribution in [2.45, 2.75) is 12.6 Å². The van der Waals surface area contributed by atoms with E-state index in [0.29, 0.717) is 14.9 Å². The molecule has 2 N–H and O–H groups in total. The highest BCUT2D eigenvalue weighted by atomic mass is 35.5. The number of aliphatic carboxylic acids is 1. The molecule has 1 amide bonds. The van der Waals surface area contributed by atoms with E-state index in [2.05, 4.69) is 9.97 Å². The van der Waals surface area contributed by atoms with Crippen molar-refractivity contribution in [2.24, 2.45) is 0 Å². The fourth-order valence-electron chi connectivity index (χ4n) is 3.33. The van der Waals surface area contributed by atoms with Crippen LogP contribution in [0.15, 0.2) is 42.1 Å². The summed E-state index contributed by atoms with van der Waals surface area (Å²) in [5.74, 6) is -1.87. The molecule has 0 saturated carbocycles. The third-order valence-corrected chi connectivity index (χ3v) is 7.52. The molecule has 9 nitrogen and oxygen atoms in total. The average Bonchev–Trinajstić information content (AvgIpc) is 3.32. The summed E-state index contributed by atoms with van der Waals surface area (Å²) in [6.07, 6.45) is 4.65. The minimum absolute atomic E-state index is 0.0158. The SMILES string of the molecule is O=C(O)C1CN(S(=O)(=O)C=Cc2ccc(Cl)s2)CC(=O)N1Cc1cc2cnccc2[nH]1. The van der Waals surface area contributed by atoms with Crippen molar-refractivity contribution in [3.05, 3.63) is 57.0 Å². The first kappa shape index (κ1) is 21.5. The summed E-state index contributed by atoms with van der Waals surface area (Å²) in [6, 6.07) is 5.55. The van der Waals surface area contributed by atoms with E-state index in [1.54, 1.807) is 36.7 Å². The van der Waals surface area contributed by atoms with Gasteiger partial charge in [-0.15, -0.1) is 11.3 Å². The van der Waals surface area contributed by atoms with E-state index in [0.717, 1.165) is 20.6 Å². The van der Waals surface area contributed by atoms with Crippen LogP contribution in [-0.4, -0.2) is 63.7 Å². The van der Waals surface area contributed by atoms with Gasteiger partial charge in [0.05, 0.1) is 17.4 Å². The molecule has 3 aromatic heterocycles. The van der Waals surface area contributed by atoms with E-state index in [4.69, 9.17) is 11.6 Å². The Morgan fingerprint density at radius 2 is 2.19 bits per heavy atom. The van der Waals surface area contributed by atoms with Gasteiger partial charge in [0.25, 0.3) is 0 Å². The number of halogens is 1. The molecule has 1 aliphatic rings. The Kier molecular flexibility index (Phi) is 5.84. The minimum Gasteiger partial charge on any atom is -0.480 e. The van der Waals surface area contributed by atoms with Crippen LogP contribution in [0.5, 0.6) is 0 Å². The van der Waals surface area contributed by atoms with E-state index in [1.165, 1.54) is 22.3 Å². The fourth-order valence-corrected chi connectivity index (χ4v) is 5.51. The Balaban J connectivity index is 1.54. The number of H-pyrrole nitrogens is 1. The Morgan fingerprint density at radius 1 is 1.39 bits per heavy atom. The van der Waals surface area contributed by atoms with Crippen molar-refractivity contribution in [1.82, 2.24) is 19.2 Å². The van der Waals surface area contributed by atoms with Gasteiger partial charge in [0.2, 0.25) is 15.9 Å². The fraction of sp³-hybridized carbons (Fsp3) is 0.211. The van der Waals surface area contributed by atoms with E-state index in [9.17, 15) is 23.1 Å². The summed E-state index contributed by atoms with van der Waals surface area (Å²) >= 11 is 7.05. The molecule has 4 rings (SSSR count). The van der Waals surface area contributed by atoms with Crippen LogP contribution >= 0.6 is 22.9 Å². The lowest BCUT2D eigenvalue weighted by Gasteiger charge is -2.37. The maximum atomic E-state index is 12.8. The van der Waals surface area contributed by atoms with Crippen molar-refractivity contribution < 1.29 is 23.1 Å². The maximum absolute atomic E-state index is 12.8. The summed E-state index contributed by atoms with van der Waals surface area (Å²) in [5.41, 5.74) is 1.44. The number of carboxylic acid groups (broad SMARTS) is 1. The normalized spacial score (nSPS) is 18.3. The lowest BCUT2D eigenvalue weighted by Crippen LogP contribution is -2.59. The molecule has 1 atom stereocenters. The number of hydrogen-bond acceptors (Lipinski definition) is 6. The van der Waals surface area contributed by atoms with Crippen LogP contribution in [0, 0.1) is 0 Å². The number of carbonyl (C=O) groups is 2. The van der Waals surface area contributed by atoms with Crippen LogP contribution in [0.2, 0.25) is 4.34 Å². The largest absolute Gasteiger partial charge is 0.480 e. The minimum atomic E-state index is -4.00. The van der Waals surface area contributed by atoms with Gasteiger partial charge in [-0.25, -0.2) is 13.2 Å². The molecule has 0 radical (unpaired) electrons. The van der Waals surface area contributed by atoms with Gasteiger partial charge in [0, 0.05) is 45.8 Å². The Bertz CT molecular complexity index is 1250. The highest BCUT2D eigenvalue weighted by Crippen LogP contribution is 2.24. The molecule has 162 valence electrons. The Labute approximate surface area is 186 Å². The second-order valence-corrected chi connectivity index (χ2v) is 10.5. The van der Waals surface area contributed by atoms with E-state index in [1.807, 2.05) is 0 Å². The number of aromatic nitrogens is 2. The number of pyridine rings is 1. The first-order chi connectivity index (χ1) is 14.7. The summed E-state index contributed by atoms with van der Waals surface area (Å²) < 4.78 is 26.8. The first-order valence-corrected chi connectivity index (χ1v) is 11.8. The number of sulfonamides is 1. The molecule has 1 unspecified atom stereocenters. The van der Waals surface area contributed by atoms with Gasteiger partial charge in [-0.05, 0) is 30.3 Å². The van der Waals surface area contributed by atoms with Crippen LogP contribution in [0.3, 0.4) is 0 Å². The third-order valence-electron chi connectivity index (χ3n) is 4.85. The van der Waals surface area contributed by atoms with Crippen LogP contribution in [0.1, 0.15) is 10.6 Å². The highest BCUT2D eigenvalue weighted by molar-refractivity contribution is 7.92. The zero-order valence-corrected chi connectivity index (χ0v) is 18.3. The average molecular weight is 481 g/mol. The molecular weight excluding hydrogens is 464 g/mol. The van der Waals surface area contributed by atoms with Crippen LogP contribution in [-0.2, 0) is 26.2 Å². The van der Waals surface area contributed by atoms with Gasteiger partial charge < -0.3 is 15.0 Å². The van der Waals surface area contributed by atoms with Crippen molar-refractivity contribution in [3.63, 3.8) is 0 Å². The van der Waals surface area contributed by atoms with E-state index in [-0.39, 0.29) is 13.1 Å². The van der Waals surface area contributed by atoms with E-state index < -0.39 is 34.5 Å². The van der Waals surface area contributed by atoms with Crippen molar-refractivity contribution in [3.8, 4) is 0 Å². The van der Waals surface area contributed by atoms with Gasteiger partial charge in [0.15, 0.2) is 0 Å². The molecule has 1 aliphatic heterocycles. The summed E-state index contributed by atoms with van der Waals surface area (Å²) in [5, 5.41) is 11.5. The molecule has 0 aromatic carbocycles. The Morgan fingerprint density at radius 3 is 2.87 bits per heavy atom. The zero-order valence-electron chi connectivity index (χ0n) is 15.9. The van der Waals surface area contributed by atoms with Gasteiger partial charge in [-0.3, -0.25) is 9.78 Å². The van der Waals surface area contributed by atoms with Crippen LogP contribution in [0.4, 0.5) is 0 Å². The highest BCUT2D eigenvalue weighted by Gasteiger charge is 2.40. The number of rotatable bonds is 6. The third kappa shape index (κ3) is 4.64. The topological polar surface area (TPSA) is 124 Å². The van der Waals surface area contributed by atoms with Gasteiger partial charge in [0.1, 0.15) is 6.04 Å². The van der Waals surface area contributed by atoms with Gasteiger partial charge in [-0.2, -0.15) is 4.31 Å². The predicted molar refractivity (Wildman–Crippen MR) is 117 cm³/mol. The van der Waals surface area contributed by atoms with Crippen LogP contribution < -0.4 is 0 Å². The van der Waals surface area contributed by atoms with E-state index >= 15 is 0 Å².